The number of nitrogens with zero attached hydrogens (tertiary/aromatic N) is 4. The highest BCUT2D eigenvalue weighted by atomic mass is 15.3. The van der Waals surface area contributed by atoms with Gasteiger partial charge in [-0.1, -0.05) is 0 Å². The van der Waals surface area contributed by atoms with E-state index in [0.29, 0.717) is 0 Å². The number of anilines is 1. The number of rotatable bonds is 4. The van der Waals surface area contributed by atoms with Crippen molar-refractivity contribution in [2.24, 2.45) is 7.05 Å². The number of nitrogens with one attached hydrogen (secondary N) is 1. The van der Waals surface area contributed by atoms with Crippen molar-refractivity contribution in [3.05, 3.63) is 30.4 Å². The Labute approximate surface area is 88.7 Å². The van der Waals surface area contributed by atoms with Crippen molar-refractivity contribution in [3.8, 4) is 0 Å². The summed E-state index contributed by atoms with van der Waals surface area (Å²) in [7, 11) is 1.92. The van der Waals surface area contributed by atoms with Crippen LogP contribution in [0.4, 0.5) is 5.69 Å². The SMILES string of the molecule is CCn1cc(NCc2ccn(C)n2)cn1. The molecular formula is C10H15N5. The molecule has 0 spiro atoms. The van der Waals surface area contributed by atoms with Gasteiger partial charge < -0.3 is 5.32 Å². The minimum Gasteiger partial charge on any atom is -0.377 e. The van der Waals surface area contributed by atoms with Gasteiger partial charge in [0.05, 0.1) is 24.1 Å². The largest absolute Gasteiger partial charge is 0.377 e. The van der Waals surface area contributed by atoms with Crippen LogP contribution in [0.2, 0.25) is 0 Å². The van der Waals surface area contributed by atoms with Crippen LogP contribution in [0.1, 0.15) is 12.6 Å². The lowest BCUT2D eigenvalue weighted by atomic mass is 10.4. The van der Waals surface area contributed by atoms with E-state index < -0.39 is 0 Å². The third kappa shape index (κ3) is 2.37. The quantitative estimate of drug-likeness (QED) is 0.817. The van der Waals surface area contributed by atoms with Gasteiger partial charge in [0, 0.05) is 26.0 Å². The van der Waals surface area contributed by atoms with E-state index in [1.54, 1.807) is 4.68 Å². The van der Waals surface area contributed by atoms with Gasteiger partial charge in [0.15, 0.2) is 0 Å². The summed E-state index contributed by atoms with van der Waals surface area (Å²) >= 11 is 0. The first-order chi connectivity index (χ1) is 7.28. The molecule has 5 heteroatoms. The van der Waals surface area contributed by atoms with Crippen molar-refractivity contribution >= 4 is 5.69 Å². The number of hydrogen-bond acceptors (Lipinski definition) is 3. The molecule has 0 saturated carbocycles. The van der Waals surface area contributed by atoms with E-state index in [1.165, 1.54) is 0 Å². The molecule has 0 amide bonds. The highest BCUT2D eigenvalue weighted by Crippen LogP contribution is 2.06. The van der Waals surface area contributed by atoms with Crippen LogP contribution in [0.5, 0.6) is 0 Å². The minimum absolute atomic E-state index is 0.732. The monoisotopic (exact) mass is 205 g/mol. The maximum atomic E-state index is 4.28. The molecule has 80 valence electrons. The topological polar surface area (TPSA) is 47.7 Å². The van der Waals surface area contributed by atoms with E-state index in [0.717, 1.165) is 24.5 Å². The second kappa shape index (κ2) is 4.16. The Kier molecular flexibility index (Phi) is 2.71. The number of hydrogen-bond donors (Lipinski definition) is 1. The van der Waals surface area contributed by atoms with E-state index in [1.807, 2.05) is 36.4 Å². The summed E-state index contributed by atoms with van der Waals surface area (Å²) in [6.07, 6.45) is 5.75. The van der Waals surface area contributed by atoms with Crippen LogP contribution in [0.15, 0.2) is 24.7 Å². The van der Waals surface area contributed by atoms with E-state index in [-0.39, 0.29) is 0 Å². The third-order valence-corrected chi connectivity index (χ3v) is 2.20. The van der Waals surface area contributed by atoms with Crippen LogP contribution in [-0.4, -0.2) is 19.6 Å². The highest BCUT2D eigenvalue weighted by molar-refractivity contribution is 5.38. The lowest BCUT2D eigenvalue weighted by Crippen LogP contribution is -2.00. The summed E-state index contributed by atoms with van der Waals surface area (Å²) < 4.78 is 3.69. The minimum atomic E-state index is 0.732. The summed E-state index contributed by atoms with van der Waals surface area (Å²) in [5.74, 6) is 0. The standard InChI is InChI=1S/C10H15N5/c1-3-15-8-10(7-12-15)11-6-9-4-5-14(2)13-9/h4-5,7-8,11H,3,6H2,1-2H3. The zero-order valence-corrected chi connectivity index (χ0v) is 9.01. The second-order valence-corrected chi connectivity index (χ2v) is 3.42. The van der Waals surface area contributed by atoms with Crippen molar-refractivity contribution in [1.29, 1.82) is 0 Å². The molecule has 5 nitrogen and oxygen atoms in total. The summed E-state index contributed by atoms with van der Waals surface area (Å²) in [5.41, 5.74) is 2.06. The summed E-state index contributed by atoms with van der Waals surface area (Å²) in [6, 6.07) is 2.00. The molecule has 2 rings (SSSR count). The molecule has 0 aliphatic rings. The van der Waals surface area contributed by atoms with E-state index in [4.69, 9.17) is 0 Å². The average Bonchev–Trinajstić information content (AvgIpc) is 2.83. The molecule has 15 heavy (non-hydrogen) atoms. The number of aryl methyl sites for hydroxylation is 2. The van der Waals surface area contributed by atoms with Gasteiger partial charge in [0.1, 0.15) is 0 Å². The molecule has 1 N–H and O–H groups in total. The highest BCUT2D eigenvalue weighted by Gasteiger charge is 1.98. The molecule has 0 aromatic carbocycles. The fourth-order valence-corrected chi connectivity index (χ4v) is 1.38. The molecule has 2 heterocycles. The molecular weight excluding hydrogens is 190 g/mol. The molecule has 0 aliphatic heterocycles. The van der Waals surface area contributed by atoms with Gasteiger partial charge in [-0.2, -0.15) is 10.2 Å². The van der Waals surface area contributed by atoms with E-state index in [2.05, 4.69) is 22.4 Å². The molecule has 0 fully saturated rings. The predicted molar refractivity (Wildman–Crippen MR) is 58.4 cm³/mol. The van der Waals surface area contributed by atoms with Gasteiger partial charge in [-0.15, -0.1) is 0 Å². The Hall–Kier alpha value is -1.78. The molecule has 0 atom stereocenters. The maximum Gasteiger partial charge on any atom is 0.0815 e. The molecule has 2 aromatic heterocycles. The van der Waals surface area contributed by atoms with Crippen LogP contribution in [0.25, 0.3) is 0 Å². The van der Waals surface area contributed by atoms with Gasteiger partial charge in [0.25, 0.3) is 0 Å². The Balaban J connectivity index is 1.93. The van der Waals surface area contributed by atoms with Crippen LogP contribution >= 0.6 is 0 Å². The first-order valence-electron chi connectivity index (χ1n) is 5.03. The van der Waals surface area contributed by atoms with E-state index >= 15 is 0 Å². The first kappa shape index (κ1) is 9.76. The smallest absolute Gasteiger partial charge is 0.0815 e. The van der Waals surface area contributed by atoms with Crippen molar-refractivity contribution in [3.63, 3.8) is 0 Å². The summed E-state index contributed by atoms with van der Waals surface area (Å²) in [5, 5.41) is 11.7. The summed E-state index contributed by atoms with van der Waals surface area (Å²) in [6.45, 7) is 3.69. The van der Waals surface area contributed by atoms with Gasteiger partial charge in [-0.05, 0) is 13.0 Å². The van der Waals surface area contributed by atoms with Crippen molar-refractivity contribution in [1.82, 2.24) is 19.6 Å². The molecule has 0 saturated heterocycles. The molecule has 0 aliphatic carbocycles. The lowest BCUT2D eigenvalue weighted by Gasteiger charge is -1.99. The zero-order chi connectivity index (χ0) is 10.7. The van der Waals surface area contributed by atoms with Crippen molar-refractivity contribution in [2.45, 2.75) is 20.0 Å². The molecule has 0 radical (unpaired) electrons. The fraction of sp³-hybridized carbons (Fsp3) is 0.400. The average molecular weight is 205 g/mol. The van der Waals surface area contributed by atoms with Crippen molar-refractivity contribution < 1.29 is 0 Å². The van der Waals surface area contributed by atoms with E-state index in [9.17, 15) is 0 Å². The molecule has 0 bridgehead atoms. The van der Waals surface area contributed by atoms with Gasteiger partial charge in [-0.25, -0.2) is 0 Å². The van der Waals surface area contributed by atoms with Crippen LogP contribution in [-0.2, 0) is 20.1 Å². The van der Waals surface area contributed by atoms with Gasteiger partial charge in [0.2, 0.25) is 0 Å². The zero-order valence-electron chi connectivity index (χ0n) is 9.01. The Morgan fingerprint density at radius 3 is 2.93 bits per heavy atom. The first-order valence-corrected chi connectivity index (χ1v) is 5.03. The van der Waals surface area contributed by atoms with Crippen molar-refractivity contribution in [2.75, 3.05) is 5.32 Å². The third-order valence-electron chi connectivity index (χ3n) is 2.20. The fourth-order valence-electron chi connectivity index (χ4n) is 1.38. The van der Waals surface area contributed by atoms with Crippen LogP contribution in [0, 0.1) is 0 Å². The van der Waals surface area contributed by atoms with Gasteiger partial charge >= 0.3 is 0 Å². The predicted octanol–water partition coefficient (Wildman–Crippen LogP) is 1.25. The summed E-state index contributed by atoms with van der Waals surface area (Å²) in [4.78, 5) is 0. The lowest BCUT2D eigenvalue weighted by molar-refractivity contribution is 0.660. The maximum absolute atomic E-state index is 4.28. The molecule has 0 unspecified atom stereocenters. The molecule has 2 aromatic rings. The van der Waals surface area contributed by atoms with Crippen LogP contribution in [0.3, 0.4) is 0 Å². The Bertz CT molecular complexity index is 428. The second-order valence-electron chi connectivity index (χ2n) is 3.42. The van der Waals surface area contributed by atoms with Gasteiger partial charge in [-0.3, -0.25) is 9.36 Å². The normalized spacial score (nSPS) is 10.5. The Morgan fingerprint density at radius 2 is 2.33 bits per heavy atom. The Morgan fingerprint density at radius 1 is 1.47 bits per heavy atom. The van der Waals surface area contributed by atoms with Crippen LogP contribution < -0.4 is 5.32 Å². The number of aromatic nitrogens is 4.